The number of carboxylic acid groups (broad SMARTS) is 1. The lowest BCUT2D eigenvalue weighted by atomic mass is 10.0. The van der Waals surface area contributed by atoms with Gasteiger partial charge in [0.05, 0.1) is 12.7 Å². The van der Waals surface area contributed by atoms with Gasteiger partial charge < -0.3 is 14.8 Å². The van der Waals surface area contributed by atoms with Gasteiger partial charge in [0.1, 0.15) is 5.76 Å². The molecule has 0 aliphatic carbocycles. The van der Waals surface area contributed by atoms with E-state index in [-0.39, 0.29) is 12.3 Å². The highest BCUT2D eigenvalue weighted by atomic mass is 16.4. The Kier molecular flexibility index (Phi) is 4.09. The number of carbonyl (C=O) groups excluding carboxylic acids is 1. The van der Waals surface area contributed by atoms with Crippen molar-refractivity contribution in [2.24, 2.45) is 0 Å². The van der Waals surface area contributed by atoms with Crippen LogP contribution in [0.5, 0.6) is 0 Å². The van der Waals surface area contributed by atoms with Gasteiger partial charge >= 0.3 is 5.97 Å². The molecule has 17 heavy (non-hydrogen) atoms. The molecule has 92 valence electrons. The number of furan rings is 1. The van der Waals surface area contributed by atoms with Gasteiger partial charge in [0.15, 0.2) is 0 Å². The van der Waals surface area contributed by atoms with Gasteiger partial charge in [0.2, 0.25) is 5.91 Å². The van der Waals surface area contributed by atoms with Crippen molar-refractivity contribution in [3.8, 4) is 0 Å². The molecule has 5 heteroatoms. The minimum atomic E-state index is -0.953. The van der Waals surface area contributed by atoms with Crippen LogP contribution in [0, 0.1) is 0 Å². The van der Waals surface area contributed by atoms with Gasteiger partial charge in [-0.2, -0.15) is 0 Å². The Morgan fingerprint density at radius 3 is 2.76 bits per heavy atom. The summed E-state index contributed by atoms with van der Waals surface area (Å²) in [5, 5.41) is 11.3. The fourth-order valence-corrected chi connectivity index (χ4v) is 1.34. The van der Waals surface area contributed by atoms with E-state index in [1.165, 1.54) is 18.4 Å². The normalized spacial score (nSPS) is 11.6. The highest BCUT2D eigenvalue weighted by Gasteiger charge is 2.22. The van der Waals surface area contributed by atoms with Crippen molar-refractivity contribution in [2.75, 3.05) is 0 Å². The molecule has 1 aromatic heterocycles. The van der Waals surface area contributed by atoms with Gasteiger partial charge in [0, 0.05) is 11.6 Å². The van der Waals surface area contributed by atoms with E-state index in [0.29, 0.717) is 5.76 Å². The van der Waals surface area contributed by atoms with E-state index in [1.54, 1.807) is 26.0 Å². The van der Waals surface area contributed by atoms with Crippen LogP contribution >= 0.6 is 0 Å². The lowest BCUT2D eigenvalue weighted by Crippen LogP contribution is -2.44. The molecule has 1 rings (SSSR count). The van der Waals surface area contributed by atoms with E-state index in [9.17, 15) is 9.59 Å². The zero-order valence-corrected chi connectivity index (χ0v) is 9.77. The summed E-state index contributed by atoms with van der Waals surface area (Å²) in [6, 6.07) is 3.43. The molecule has 0 aromatic carbocycles. The fraction of sp³-hybridized carbons (Fsp3) is 0.333. The average molecular weight is 237 g/mol. The van der Waals surface area contributed by atoms with Crippen LogP contribution in [0.3, 0.4) is 0 Å². The molecule has 1 aromatic rings. The van der Waals surface area contributed by atoms with E-state index in [0.717, 1.165) is 0 Å². The summed E-state index contributed by atoms with van der Waals surface area (Å²) in [5.74, 6) is -0.742. The van der Waals surface area contributed by atoms with Crippen molar-refractivity contribution in [1.29, 1.82) is 0 Å². The van der Waals surface area contributed by atoms with Crippen molar-refractivity contribution in [3.63, 3.8) is 0 Å². The monoisotopic (exact) mass is 237 g/mol. The van der Waals surface area contributed by atoms with Crippen LogP contribution in [-0.2, 0) is 9.59 Å². The molecule has 5 nitrogen and oxygen atoms in total. The lowest BCUT2D eigenvalue weighted by Gasteiger charge is -2.23. The first-order chi connectivity index (χ1) is 7.89. The van der Waals surface area contributed by atoms with Crippen LogP contribution in [0.1, 0.15) is 26.0 Å². The Balaban J connectivity index is 2.52. The molecule has 0 radical (unpaired) electrons. The molecule has 0 unspecified atom stereocenters. The number of rotatable bonds is 5. The molecule has 0 atom stereocenters. The topological polar surface area (TPSA) is 79.5 Å². The van der Waals surface area contributed by atoms with E-state index in [4.69, 9.17) is 9.52 Å². The molecule has 0 spiro atoms. The molecule has 0 fully saturated rings. The maximum atomic E-state index is 11.5. The van der Waals surface area contributed by atoms with Crippen molar-refractivity contribution in [1.82, 2.24) is 5.32 Å². The molecule has 0 aliphatic rings. The summed E-state index contributed by atoms with van der Waals surface area (Å²) < 4.78 is 5.02. The van der Waals surface area contributed by atoms with Crippen LogP contribution < -0.4 is 5.32 Å². The zero-order valence-electron chi connectivity index (χ0n) is 9.77. The molecule has 0 saturated heterocycles. The maximum Gasteiger partial charge on any atom is 0.305 e. The van der Waals surface area contributed by atoms with Crippen LogP contribution in [0.4, 0.5) is 0 Å². The number of hydrogen-bond acceptors (Lipinski definition) is 3. The number of carbonyl (C=O) groups is 2. The quantitative estimate of drug-likeness (QED) is 0.763. The highest BCUT2D eigenvalue weighted by molar-refractivity contribution is 5.92. The molecule has 0 saturated carbocycles. The summed E-state index contributed by atoms with van der Waals surface area (Å²) in [7, 11) is 0. The highest BCUT2D eigenvalue weighted by Crippen LogP contribution is 2.08. The molecular weight excluding hydrogens is 222 g/mol. The predicted octanol–water partition coefficient (Wildman–Crippen LogP) is 1.66. The Morgan fingerprint density at radius 1 is 1.53 bits per heavy atom. The number of hydrogen-bond donors (Lipinski definition) is 2. The molecule has 1 amide bonds. The standard InChI is InChI=1S/C12H15NO4/c1-12(2,8-11(15)16)13-10(14)6-5-9-4-3-7-17-9/h3-7H,8H2,1-2H3,(H,13,14)(H,15,16). The summed E-state index contributed by atoms with van der Waals surface area (Å²) in [6.07, 6.45) is 4.20. The molecule has 0 aliphatic heterocycles. The number of nitrogens with one attached hydrogen (secondary N) is 1. The van der Waals surface area contributed by atoms with Gasteiger partial charge in [-0.15, -0.1) is 0 Å². The predicted molar refractivity (Wildman–Crippen MR) is 62.2 cm³/mol. The van der Waals surface area contributed by atoms with Crippen molar-refractivity contribution < 1.29 is 19.1 Å². The molecule has 1 heterocycles. The maximum absolute atomic E-state index is 11.5. The Labute approximate surface area is 99.1 Å². The molecule has 2 N–H and O–H groups in total. The average Bonchev–Trinajstić information content (AvgIpc) is 2.63. The molecule has 0 bridgehead atoms. The zero-order chi connectivity index (χ0) is 12.9. The number of aliphatic carboxylic acids is 1. The van der Waals surface area contributed by atoms with E-state index in [2.05, 4.69) is 5.32 Å². The van der Waals surface area contributed by atoms with Crippen LogP contribution in [0.25, 0.3) is 6.08 Å². The first kappa shape index (κ1) is 13.0. The number of carboxylic acids is 1. The Bertz CT molecular complexity index is 418. The largest absolute Gasteiger partial charge is 0.481 e. The minimum absolute atomic E-state index is 0.132. The first-order valence-corrected chi connectivity index (χ1v) is 5.14. The van der Waals surface area contributed by atoms with Gasteiger partial charge in [-0.25, -0.2) is 0 Å². The van der Waals surface area contributed by atoms with Crippen LogP contribution in [0.2, 0.25) is 0 Å². The summed E-state index contributed by atoms with van der Waals surface area (Å²) >= 11 is 0. The van der Waals surface area contributed by atoms with Gasteiger partial charge in [0.25, 0.3) is 0 Å². The Hall–Kier alpha value is -2.04. The third-order valence-corrected chi connectivity index (χ3v) is 2.00. The van der Waals surface area contributed by atoms with Crippen molar-refractivity contribution in [2.45, 2.75) is 25.8 Å². The van der Waals surface area contributed by atoms with E-state index >= 15 is 0 Å². The van der Waals surface area contributed by atoms with E-state index < -0.39 is 11.5 Å². The third-order valence-electron chi connectivity index (χ3n) is 2.00. The molecular formula is C12H15NO4. The lowest BCUT2D eigenvalue weighted by molar-refractivity contribution is -0.138. The second-order valence-corrected chi connectivity index (χ2v) is 4.29. The third kappa shape index (κ3) is 5.01. The van der Waals surface area contributed by atoms with Crippen molar-refractivity contribution >= 4 is 18.0 Å². The van der Waals surface area contributed by atoms with Gasteiger partial charge in [-0.3, -0.25) is 9.59 Å². The summed E-state index contributed by atoms with van der Waals surface area (Å²) in [4.78, 5) is 22.1. The van der Waals surface area contributed by atoms with Crippen LogP contribution in [0.15, 0.2) is 28.9 Å². The summed E-state index contributed by atoms with van der Waals surface area (Å²) in [5.41, 5.74) is -0.781. The second-order valence-electron chi connectivity index (χ2n) is 4.29. The number of amides is 1. The first-order valence-electron chi connectivity index (χ1n) is 5.14. The second kappa shape index (κ2) is 5.34. The van der Waals surface area contributed by atoms with E-state index in [1.807, 2.05) is 0 Å². The van der Waals surface area contributed by atoms with Gasteiger partial charge in [-0.05, 0) is 32.1 Å². The smallest absolute Gasteiger partial charge is 0.305 e. The van der Waals surface area contributed by atoms with Crippen LogP contribution in [-0.4, -0.2) is 22.5 Å². The fourth-order valence-electron chi connectivity index (χ4n) is 1.34. The summed E-state index contributed by atoms with van der Waals surface area (Å²) in [6.45, 7) is 3.31. The van der Waals surface area contributed by atoms with Gasteiger partial charge in [-0.1, -0.05) is 0 Å². The van der Waals surface area contributed by atoms with Crippen molar-refractivity contribution in [3.05, 3.63) is 30.2 Å². The SMILES string of the molecule is CC(C)(CC(=O)O)NC(=O)C=Cc1ccco1. The Morgan fingerprint density at radius 2 is 2.24 bits per heavy atom. The minimum Gasteiger partial charge on any atom is -0.481 e.